The van der Waals surface area contributed by atoms with Gasteiger partial charge in [-0.25, -0.2) is 0 Å². The summed E-state index contributed by atoms with van der Waals surface area (Å²) in [6, 6.07) is 5.94. The van der Waals surface area contributed by atoms with E-state index in [0.717, 1.165) is 17.7 Å². The van der Waals surface area contributed by atoms with Crippen molar-refractivity contribution >= 4 is 5.78 Å². The van der Waals surface area contributed by atoms with Crippen LogP contribution in [0.3, 0.4) is 0 Å². The highest BCUT2D eigenvalue weighted by molar-refractivity contribution is 5.98. The van der Waals surface area contributed by atoms with Gasteiger partial charge in [0.25, 0.3) is 0 Å². The molecule has 0 saturated heterocycles. The van der Waals surface area contributed by atoms with E-state index in [9.17, 15) is 4.79 Å². The zero-order chi connectivity index (χ0) is 13.0. The number of carbonyl (C=O) groups excluding carboxylic acids is 1. The van der Waals surface area contributed by atoms with Crippen LogP contribution in [0.5, 0.6) is 0 Å². The molecule has 98 valence electrons. The lowest BCUT2D eigenvalue weighted by Crippen LogP contribution is -2.14. The molecule has 0 aliphatic heterocycles. The quantitative estimate of drug-likeness (QED) is 0.741. The van der Waals surface area contributed by atoms with E-state index < -0.39 is 0 Å². The summed E-state index contributed by atoms with van der Waals surface area (Å²) in [5.74, 6) is 0.780. The molecule has 1 saturated carbocycles. The molecule has 1 aliphatic carbocycles. The lowest BCUT2D eigenvalue weighted by molar-refractivity contribution is 0.0680. The van der Waals surface area contributed by atoms with Gasteiger partial charge in [0.05, 0.1) is 6.61 Å². The first kappa shape index (κ1) is 13.3. The minimum atomic E-state index is 0.102. The van der Waals surface area contributed by atoms with Gasteiger partial charge in [-0.3, -0.25) is 4.79 Å². The molecular formula is C16H22O2. The minimum absolute atomic E-state index is 0.102. The third-order valence-corrected chi connectivity index (χ3v) is 3.74. The number of ether oxygens (including phenoxy) is 1. The van der Waals surface area contributed by atoms with Crippen LogP contribution in [-0.2, 0) is 4.74 Å². The molecule has 1 aliphatic rings. The molecule has 1 fully saturated rings. The summed E-state index contributed by atoms with van der Waals surface area (Å²) in [4.78, 5) is 12.0. The lowest BCUT2D eigenvalue weighted by Gasteiger charge is -2.10. The maximum absolute atomic E-state index is 12.0. The van der Waals surface area contributed by atoms with Gasteiger partial charge < -0.3 is 4.74 Å². The van der Waals surface area contributed by atoms with Crippen LogP contribution in [0, 0.1) is 19.8 Å². The van der Waals surface area contributed by atoms with Gasteiger partial charge in [0.1, 0.15) is 6.61 Å². The molecule has 0 heterocycles. The second-order valence-electron chi connectivity index (χ2n) is 5.41. The second-order valence-corrected chi connectivity index (χ2v) is 5.41. The molecule has 0 unspecified atom stereocenters. The molecule has 2 nitrogen and oxygen atoms in total. The van der Waals surface area contributed by atoms with E-state index in [1.807, 2.05) is 32.0 Å². The minimum Gasteiger partial charge on any atom is -0.373 e. The molecule has 0 atom stereocenters. The lowest BCUT2D eigenvalue weighted by atomic mass is 10.0. The number of carbonyl (C=O) groups is 1. The van der Waals surface area contributed by atoms with Gasteiger partial charge >= 0.3 is 0 Å². The van der Waals surface area contributed by atoms with E-state index in [0.29, 0.717) is 5.92 Å². The fourth-order valence-corrected chi connectivity index (χ4v) is 2.70. The molecule has 0 amide bonds. The van der Waals surface area contributed by atoms with Crippen molar-refractivity contribution in [2.24, 2.45) is 5.92 Å². The van der Waals surface area contributed by atoms with Gasteiger partial charge in [-0.05, 0) is 38.2 Å². The molecule has 0 aromatic heterocycles. The van der Waals surface area contributed by atoms with Crippen LogP contribution in [0.4, 0.5) is 0 Å². The van der Waals surface area contributed by atoms with E-state index in [1.54, 1.807) is 0 Å². The predicted molar refractivity (Wildman–Crippen MR) is 73.0 cm³/mol. The molecule has 0 bridgehead atoms. The third-order valence-electron chi connectivity index (χ3n) is 3.74. The topological polar surface area (TPSA) is 26.3 Å². The fraction of sp³-hybridized carbons (Fsp3) is 0.562. The average Bonchev–Trinajstić information content (AvgIpc) is 2.81. The maximum Gasteiger partial charge on any atom is 0.188 e. The number of benzene rings is 1. The summed E-state index contributed by atoms with van der Waals surface area (Å²) >= 11 is 0. The summed E-state index contributed by atoms with van der Waals surface area (Å²) in [7, 11) is 0. The fourth-order valence-electron chi connectivity index (χ4n) is 2.70. The SMILES string of the molecule is Cc1ccc(C(=O)COCC2CCCC2)c(C)c1. The number of ketones is 1. The van der Waals surface area contributed by atoms with Crippen molar-refractivity contribution in [3.8, 4) is 0 Å². The highest BCUT2D eigenvalue weighted by Crippen LogP contribution is 2.24. The van der Waals surface area contributed by atoms with E-state index >= 15 is 0 Å². The standard InChI is InChI=1S/C16H22O2/c1-12-7-8-15(13(2)9-12)16(17)11-18-10-14-5-3-4-6-14/h7-9,14H,3-6,10-11H2,1-2H3. The van der Waals surface area contributed by atoms with Crippen LogP contribution in [0.2, 0.25) is 0 Å². The molecule has 1 aromatic rings. The van der Waals surface area contributed by atoms with Gasteiger partial charge in [-0.1, -0.05) is 36.6 Å². The zero-order valence-electron chi connectivity index (χ0n) is 11.4. The van der Waals surface area contributed by atoms with Gasteiger partial charge in [0.15, 0.2) is 5.78 Å². The Hall–Kier alpha value is -1.15. The molecular weight excluding hydrogens is 224 g/mol. The zero-order valence-corrected chi connectivity index (χ0v) is 11.4. The van der Waals surface area contributed by atoms with Crippen molar-refractivity contribution in [2.45, 2.75) is 39.5 Å². The van der Waals surface area contributed by atoms with E-state index in [2.05, 4.69) is 0 Å². The first-order valence-electron chi connectivity index (χ1n) is 6.85. The van der Waals surface area contributed by atoms with Crippen LogP contribution in [-0.4, -0.2) is 19.0 Å². The third kappa shape index (κ3) is 3.42. The predicted octanol–water partition coefficient (Wildman–Crippen LogP) is 3.69. The van der Waals surface area contributed by atoms with Gasteiger partial charge in [-0.15, -0.1) is 0 Å². The number of aryl methyl sites for hydroxylation is 2. The monoisotopic (exact) mass is 246 g/mol. The molecule has 1 aromatic carbocycles. The van der Waals surface area contributed by atoms with Crippen LogP contribution >= 0.6 is 0 Å². The summed E-state index contributed by atoms with van der Waals surface area (Å²) in [5.41, 5.74) is 3.03. The van der Waals surface area contributed by atoms with Crippen molar-refractivity contribution in [3.05, 3.63) is 34.9 Å². The average molecular weight is 246 g/mol. The highest BCUT2D eigenvalue weighted by atomic mass is 16.5. The van der Waals surface area contributed by atoms with E-state index in [4.69, 9.17) is 4.74 Å². The highest BCUT2D eigenvalue weighted by Gasteiger charge is 2.16. The van der Waals surface area contributed by atoms with Gasteiger partial charge in [0.2, 0.25) is 0 Å². The summed E-state index contributed by atoms with van der Waals surface area (Å²) in [6.45, 7) is 4.99. The summed E-state index contributed by atoms with van der Waals surface area (Å²) in [5, 5.41) is 0. The normalized spacial score (nSPS) is 16.1. The van der Waals surface area contributed by atoms with Crippen LogP contribution in [0.1, 0.15) is 47.2 Å². The van der Waals surface area contributed by atoms with Crippen LogP contribution in [0.25, 0.3) is 0 Å². The second kappa shape index (κ2) is 6.14. The van der Waals surface area contributed by atoms with Gasteiger partial charge in [0, 0.05) is 5.56 Å². The Kier molecular flexibility index (Phi) is 4.54. The smallest absolute Gasteiger partial charge is 0.188 e. The Bertz CT molecular complexity index is 417. The molecule has 0 N–H and O–H groups in total. The first-order chi connectivity index (χ1) is 8.66. The van der Waals surface area contributed by atoms with Crippen molar-refractivity contribution in [2.75, 3.05) is 13.2 Å². The first-order valence-corrected chi connectivity index (χ1v) is 6.85. The van der Waals surface area contributed by atoms with Crippen molar-refractivity contribution < 1.29 is 9.53 Å². The van der Waals surface area contributed by atoms with Crippen LogP contribution < -0.4 is 0 Å². The molecule has 18 heavy (non-hydrogen) atoms. The van der Waals surface area contributed by atoms with Crippen molar-refractivity contribution in [3.63, 3.8) is 0 Å². The number of Topliss-reactive ketones (excluding diaryl/α,β-unsaturated/α-hetero) is 1. The van der Waals surface area contributed by atoms with Crippen molar-refractivity contribution in [1.82, 2.24) is 0 Å². The van der Waals surface area contributed by atoms with Crippen molar-refractivity contribution in [1.29, 1.82) is 0 Å². The maximum atomic E-state index is 12.0. The van der Waals surface area contributed by atoms with E-state index in [-0.39, 0.29) is 12.4 Å². The molecule has 0 spiro atoms. The summed E-state index contributed by atoms with van der Waals surface area (Å²) < 4.78 is 5.57. The molecule has 0 radical (unpaired) electrons. The van der Waals surface area contributed by atoms with Gasteiger partial charge in [-0.2, -0.15) is 0 Å². The summed E-state index contributed by atoms with van der Waals surface area (Å²) in [6.07, 6.45) is 5.16. The Morgan fingerprint density at radius 2 is 2.00 bits per heavy atom. The Morgan fingerprint density at radius 1 is 1.28 bits per heavy atom. The largest absolute Gasteiger partial charge is 0.373 e. The molecule has 2 rings (SSSR count). The van der Waals surface area contributed by atoms with Crippen LogP contribution in [0.15, 0.2) is 18.2 Å². The Balaban J connectivity index is 1.83. The number of hydrogen-bond acceptors (Lipinski definition) is 2. The number of rotatable bonds is 5. The molecule has 2 heteroatoms. The Morgan fingerprint density at radius 3 is 2.67 bits per heavy atom. The number of hydrogen-bond donors (Lipinski definition) is 0. The van der Waals surface area contributed by atoms with E-state index in [1.165, 1.54) is 31.2 Å². The Labute approximate surface area is 109 Å².